The highest BCUT2D eigenvalue weighted by atomic mass is 79.9. The molecule has 10 nitrogen and oxygen atoms in total. The lowest BCUT2D eigenvalue weighted by Crippen LogP contribution is -2.19. The fraction of sp³-hybridized carbons (Fsp3) is 0.228. The highest BCUT2D eigenvalue weighted by Crippen LogP contribution is 2.43. The molecule has 0 saturated carbocycles. The number of aromatic nitrogens is 2. The summed E-state index contributed by atoms with van der Waals surface area (Å²) in [5.41, 5.74) is 3.95. The molecule has 6 aromatic carbocycles. The summed E-state index contributed by atoms with van der Waals surface area (Å²) in [7, 11) is 0. The molecule has 2 aliphatic heterocycles. The van der Waals surface area contributed by atoms with Crippen molar-refractivity contribution in [3.05, 3.63) is 190 Å². The van der Waals surface area contributed by atoms with Gasteiger partial charge in [0.25, 0.3) is 0 Å². The predicted molar refractivity (Wildman–Crippen MR) is 268 cm³/mol. The zero-order chi connectivity index (χ0) is 52.7. The third-order valence-electron chi connectivity index (χ3n) is 12.4. The Balaban J connectivity index is 0.000000182. The van der Waals surface area contributed by atoms with E-state index >= 15 is 0 Å². The number of hydrogen-bond acceptors (Lipinski definition) is 8. The molecule has 0 spiro atoms. The number of nitrogens with zero attached hydrogens (tertiary/aromatic N) is 4. The second-order valence-corrected chi connectivity index (χ2v) is 19.2. The van der Waals surface area contributed by atoms with Crippen LogP contribution in [-0.2, 0) is 37.7 Å². The number of hydrogen-bond donors (Lipinski definition) is 0. The largest absolute Gasteiger partial charge is 0.457 e. The third kappa shape index (κ3) is 10.8. The summed E-state index contributed by atoms with van der Waals surface area (Å²) in [6.07, 6.45) is -3.01. The Hall–Kier alpha value is -7.38. The Morgan fingerprint density at radius 3 is 1.45 bits per heavy atom. The van der Waals surface area contributed by atoms with Crippen LogP contribution >= 0.6 is 15.9 Å². The van der Waals surface area contributed by atoms with Crippen LogP contribution in [0.4, 0.5) is 26.3 Å². The number of nitriles is 2. The standard InChI is InChI=1S/C30H25F3N2O3.C27H20BrF3N2O3/c1-4-6-19-17-35(26-8-5-7-24(28(19)26)27-18-36-29(2,3)38-27)21-9-11-22(12-10-21)37-23-13-14-25(30(31,32)33)20(15-23)16-34;1-26(2)34-15-24(36-26)20-4-3-5-23-25(20)22(28)14-33(23)17-6-8-18(9-7-17)35-19-10-11-21(27(29,30)31)16(12-19)13-32/h4-5,7-15,17,27H,1,6,18H2,2-3H3;3-12,14,24H,15H2,1-2H3/t27-;24-/m11/s1. The maximum absolute atomic E-state index is 13.1. The van der Waals surface area contributed by atoms with Crippen molar-refractivity contribution in [1.82, 2.24) is 9.13 Å². The van der Waals surface area contributed by atoms with Gasteiger partial charge >= 0.3 is 12.4 Å². The van der Waals surface area contributed by atoms with E-state index in [2.05, 4.69) is 39.3 Å². The molecule has 0 aliphatic carbocycles. The average molecular weight is 1080 g/mol. The van der Waals surface area contributed by atoms with Crippen LogP contribution in [0.3, 0.4) is 0 Å². The SMILES string of the molecule is C=CCc1cn(-c2ccc(Oc3ccc(C(F)(F)F)c(C#N)c3)cc2)c2cccc([C@H]3COC(C)(C)O3)c12.CC1(C)OC[C@H](c2cccc3c2c(Br)cn3-c2ccc(Oc3ccc(C(F)(F)F)c(C#N)c3)cc2)O1. The maximum atomic E-state index is 13.1. The van der Waals surface area contributed by atoms with E-state index in [1.165, 1.54) is 12.1 Å². The molecular formula is C57H45BrF6N4O6. The third-order valence-corrected chi connectivity index (χ3v) is 13.0. The van der Waals surface area contributed by atoms with E-state index in [4.69, 9.17) is 38.9 Å². The fourth-order valence-corrected chi connectivity index (χ4v) is 9.73. The Bertz CT molecular complexity index is 3500. The average Bonchev–Trinajstić information content (AvgIpc) is 4.13. The fourth-order valence-electron chi connectivity index (χ4n) is 9.09. The number of halogens is 7. The number of alkyl halides is 6. The van der Waals surface area contributed by atoms with E-state index < -0.39 is 46.2 Å². The van der Waals surface area contributed by atoms with E-state index in [0.29, 0.717) is 31.1 Å². The van der Waals surface area contributed by atoms with Crippen molar-refractivity contribution >= 4 is 37.7 Å². The van der Waals surface area contributed by atoms with Gasteiger partial charge in [-0.2, -0.15) is 36.9 Å². The second kappa shape index (κ2) is 20.1. The van der Waals surface area contributed by atoms with Gasteiger partial charge in [-0.25, -0.2) is 0 Å². The van der Waals surface area contributed by atoms with Crippen LogP contribution < -0.4 is 9.47 Å². The normalized spacial score (nSPS) is 17.1. The number of fused-ring (bicyclic) bond motifs is 2. The number of rotatable bonds is 10. The molecule has 8 aromatic rings. The van der Waals surface area contributed by atoms with Crippen molar-refractivity contribution in [2.75, 3.05) is 13.2 Å². The molecular weight excluding hydrogens is 1030 g/mol. The molecule has 2 aromatic heterocycles. The van der Waals surface area contributed by atoms with Gasteiger partial charge in [0.15, 0.2) is 11.6 Å². The summed E-state index contributed by atoms with van der Waals surface area (Å²) in [5, 5.41) is 20.4. The molecule has 2 atom stereocenters. The number of ether oxygens (including phenoxy) is 6. The van der Waals surface area contributed by atoms with Gasteiger partial charge in [0.1, 0.15) is 35.2 Å². The first-order valence-electron chi connectivity index (χ1n) is 23.1. The molecule has 2 aliphatic rings. The molecule has 0 N–H and O–H groups in total. The smallest absolute Gasteiger partial charge is 0.417 e. The monoisotopic (exact) mass is 1070 g/mol. The lowest BCUT2D eigenvalue weighted by molar-refractivity contribution is -0.139. The van der Waals surface area contributed by atoms with Crippen molar-refractivity contribution in [2.45, 2.75) is 70.3 Å². The molecule has 2 fully saturated rings. The van der Waals surface area contributed by atoms with Crippen LogP contribution in [0, 0.1) is 22.7 Å². The first kappa shape index (κ1) is 51.5. The molecule has 0 unspecified atom stereocenters. The van der Waals surface area contributed by atoms with Crippen molar-refractivity contribution in [3.63, 3.8) is 0 Å². The van der Waals surface area contributed by atoms with E-state index in [-0.39, 0.29) is 23.7 Å². The Morgan fingerprint density at radius 2 is 1.04 bits per heavy atom. The molecule has 10 rings (SSSR count). The van der Waals surface area contributed by atoms with Crippen molar-refractivity contribution in [1.29, 1.82) is 10.5 Å². The van der Waals surface area contributed by atoms with Crippen LogP contribution in [0.5, 0.6) is 23.0 Å². The topological polar surface area (TPSA) is 113 Å². The Morgan fingerprint density at radius 1 is 0.622 bits per heavy atom. The van der Waals surface area contributed by atoms with Gasteiger partial charge in [-0.1, -0.05) is 30.3 Å². The van der Waals surface area contributed by atoms with Crippen LogP contribution in [-0.4, -0.2) is 33.9 Å². The van der Waals surface area contributed by atoms with Crippen molar-refractivity contribution in [2.24, 2.45) is 0 Å². The van der Waals surface area contributed by atoms with E-state index in [9.17, 15) is 26.3 Å². The minimum atomic E-state index is -4.61. The Labute approximate surface area is 430 Å². The summed E-state index contributed by atoms with van der Waals surface area (Å²) in [4.78, 5) is 0. The zero-order valence-electron chi connectivity index (χ0n) is 40.1. The van der Waals surface area contributed by atoms with Crippen LogP contribution in [0.15, 0.2) is 151 Å². The van der Waals surface area contributed by atoms with Gasteiger partial charge in [0, 0.05) is 39.0 Å². The van der Waals surface area contributed by atoms with E-state index in [0.717, 1.165) is 78.6 Å². The van der Waals surface area contributed by atoms with Gasteiger partial charge in [-0.05, 0) is 164 Å². The van der Waals surface area contributed by atoms with Crippen LogP contribution in [0.2, 0.25) is 0 Å². The van der Waals surface area contributed by atoms with Gasteiger partial charge in [0.05, 0.1) is 58.6 Å². The molecule has 4 heterocycles. The molecule has 0 amide bonds. The summed E-state index contributed by atoms with van der Waals surface area (Å²) in [5.74, 6) is -0.137. The first-order valence-corrected chi connectivity index (χ1v) is 23.9. The molecule has 17 heteroatoms. The predicted octanol–water partition coefficient (Wildman–Crippen LogP) is 15.8. The highest BCUT2D eigenvalue weighted by Gasteiger charge is 2.37. The van der Waals surface area contributed by atoms with Crippen molar-refractivity contribution < 1.29 is 54.8 Å². The molecule has 378 valence electrons. The summed E-state index contributed by atoms with van der Waals surface area (Å²) >= 11 is 3.69. The van der Waals surface area contributed by atoms with Crippen molar-refractivity contribution in [3.8, 4) is 46.5 Å². The van der Waals surface area contributed by atoms with Gasteiger partial charge in [-0.15, -0.1) is 6.58 Å². The minimum Gasteiger partial charge on any atom is -0.457 e. The highest BCUT2D eigenvalue weighted by molar-refractivity contribution is 9.10. The maximum Gasteiger partial charge on any atom is 0.417 e. The molecule has 0 radical (unpaired) electrons. The quantitative estimate of drug-likeness (QED) is 0.0983. The first-order chi connectivity index (χ1) is 35.1. The zero-order valence-corrected chi connectivity index (χ0v) is 41.7. The Kier molecular flexibility index (Phi) is 14.0. The minimum absolute atomic E-state index is 0.146. The lowest BCUT2D eigenvalue weighted by Gasteiger charge is -2.18. The van der Waals surface area contributed by atoms with Gasteiger partial charge in [-0.3, -0.25) is 0 Å². The molecule has 74 heavy (non-hydrogen) atoms. The van der Waals surface area contributed by atoms with Crippen LogP contribution in [0.1, 0.15) is 78.8 Å². The van der Waals surface area contributed by atoms with E-state index in [1.54, 1.807) is 36.4 Å². The molecule has 0 bridgehead atoms. The summed E-state index contributed by atoms with van der Waals surface area (Å²) in [6.45, 7) is 12.4. The number of allylic oxidation sites excluding steroid dienone is 1. The number of benzene rings is 6. The summed E-state index contributed by atoms with van der Waals surface area (Å²) in [6, 6.07) is 35.9. The summed E-state index contributed by atoms with van der Waals surface area (Å²) < 4.78 is 119. The van der Waals surface area contributed by atoms with E-state index in [1.807, 2.05) is 99.1 Å². The lowest BCUT2D eigenvalue weighted by atomic mass is 10.0. The van der Waals surface area contributed by atoms with Crippen LogP contribution in [0.25, 0.3) is 33.2 Å². The molecule has 2 saturated heterocycles. The van der Waals surface area contributed by atoms with Gasteiger partial charge < -0.3 is 37.6 Å². The van der Waals surface area contributed by atoms with Gasteiger partial charge in [0.2, 0.25) is 0 Å². The second-order valence-electron chi connectivity index (χ2n) is 18.3.